The maximum Gasteiger partial charge on any atom is 0.268 e. The molecular formula is C28H30FN5O2. The molecule has 0 spiro atoms. The first-order valence-corrected chi connectivity index (χ1v) is 12.7. The molecule has 186 valence electrons. The highest BCUT2D eigenvalue weighted by molar-refractivity contribution is 6.01. The highest BCUT2D eigenvalue weighted by atomic mass is 19.1. The fourth-order valence-corrected chi connectivity index (χ4v) is 5.17. The van der Waals surface area contributed by atoms with Crippen LogP contribution < -0.4 is 20.3 Å². The van der Waals surface area contributed by atoms with Gasteiger partial charge in [0.25, 0.3) is 5.91 Å². The number of nitrogens with zero attached hydrogens (tertiary/aromatic N) is 3. The van der Waals surface area contributed by atoms with Gasteiger partial charge in [0, 0.05) is 29.4 Å². The Kier molecular flexibility index (Phi) is 5.63. The highest BCUT2D eigenvalue weighted by Gasteiger charge is 2.38. The van der Waals surface area contributed by atoms with E-state index in [2.05, 4.69) is 32.7 Å². The Hall–Kier alpha value is -3.52. The fraction of sp³-hybridized carbons (Fsp3) is 0.393. The van der Waals surface area contributed by atoms with Crippen LogP contribution in [0.1, 0.15) is 56.2 Å². The summed E-state index contributed by atoms with van der Waals surface area (Å²) in [5.74, 6) is 0.808. The van der Waals surface area contributed by atoms with Gasteiger partial charge in [-0.3, -0.25) is 4.79 Å². The van der Waals surface area contributed by atoms with Gasteiger partial charge >= 0.3 is 0 Å². The summed E-state index contributed by atoms with van der Waals surface area (Å²) >= 11 is 0. The number of halogens is 1. The van der Waals surface area contributed by atoms with E-state index in [1.54, 1.807) is 11.8 Å². The van der Waals surface area contributed by atoms with E-state index < -0.39 is 11.9 Å². The van der Waals surface area contributed by atoms with Gasteiger partial charge in [-0.15, -0.1) is 0 Å². The molecule has 1 unspecified atom stereocenters. The average molecular weight is 488 g/mol. The summed E-state index contributed by atoms with van der Waals surface area (Å²) < 4.78 is 21.2. The number of rotatable bonds is 5. The Morgan fingerprint density at radius 3 is 2.81 bits per heavy atom. The second kappa shape index (κ2) is 8.85. The zero-order chi connectivity index (χ0) is 25.0. The van der Waals surface area contributed by atoms with Gasteiger partial charge in [0.1, 0.15) is 11.4 Å². The largest absolute Gasteiger partial charge is 0.478 e. The summed E-state index contributed by atoms with van der Waals surface area (Å²) in [6.07, 6.45) is 3.72. The van der Waals surface area contributed by atoms with Crippen LogP contribution in [0.3, 0.4) is 0 Å². The Labute approximate surface area is 210 Å². The van der Waals surface area contributed by atoms with E-state index in [1.807, 2.05) is 32.0 Å². The van der Waals surface area contributed by atoms with E-state index in [0.29, 0.717) is 23.1 Å². The van der Waals surface area contributed by atoms with E-state index in [9.17, 15) is 4.79 Å². The predicted octanol–water partition coefficient (Wildman–Crippen LogP) is 5.07. The van der Waals surface area contributed by atoms with Gasteiger partial charge in [0.2, 0.25) is 5.95 Å². The lowest BCUT2D eigenvalue weighted by molar-refractivity contribution is -0.126. The smallest absolute Gasteiger partial charge is 0.268 e. The molecule has 1 saturated carbocycles. The molecule has 0 radical (unpaired) electrons. The van der Waals surface area contributed by atoms with Crippen molar-refractivity contribution in [2.24, 2.45) is 0 Å². The quantitative estimate of drug-likeness (QED) is 0.523. The third kappa shape index (κ3) is 4.09. The number of carbonyl (C=O) groups excluding carboxylic acids is 1. The van der Waals surface area contributed by atoms with Crippen LogP contribution in [-0.2, 0) is 17.8 Å². The number of hydrogen-bond donors (Lipinski definition) is 2. The van der Waals surface area contributed by atoms with Crippen molar-refractivity contribution >= 4 is 23.2 Å². The van der Waals surface area contributed by atoms with Gasteiger partial charge in [0.15, 0.2) is 11.9 Å². The van der Waals surface area contributed by atoms with Crippen molar-refractivity contribution in [1.82, 2.24) is 15.3 Å². The molecule has 3 aromatic rings. The van der Waals surface area contributed by atoms with Crippen molar-refractivity contribution in [2.45, 2.75) is 64.6 Å². The Balaban J connectivity index is 1.40. The van der Waals surface area contributed by atoms with Crippen molar-refractivity contribution < 1.29 is 13.9 Å². The molecule has 3 heterocycles. The normalized spacial score (nSPS) is 19.1. The van der Waals surface area contributed by atoms with Gasteiger partial charge in [-0.2, -0.15) is 0 Å². The zero-order valence-electron chi connectivity index (χ0n) is 20.8. The molecule has 2 aliphatic heterocycles. The van der Waals surface area contributed by atoms with Crippen molar-refractivity contribution in [3.63, 3.8) is 0 Å². The number of aromatic nitrogens is 2. The molecule has 0 bridgehead atoms. The second-order valence-electron chi connectivity index (χ2n) is 10.2. The molecule has 2 N–H and O–H groups in total. The van der Waals surface area contributed by atoms with Crippen molar-refractivity contribution in [3.05, 3.63) is 59.0 Å². The summed E-state index contributed by atoms with van der Waals surface area (Å²) in [6.45, 7) is 7.56. The summed E-state index contributed by atoms with van der Waals surface area (Å²) in [7, 11) is 0. The summed E-state index contributed by atoms with van der Waals surface area (Å²) in [5.41, 5.74) is 5.97. The van der Waals surface area contributed by atoms with Crippen LogP contribution in [0.5, 0.6) is 5.75 Å². The van der Waals surface area contributed by atoms with E-state index in [-0.39, 0.29) is 17.6 Å². The van der Waals surface area contributed by atoms with Crippen LogP contribution >= 0.6 is 0 Å². The molecule has 7 nitrogen and oxygen atoms in total. The minimum Gasteiger partial charge on any atom is -0.478 e. The number of fused-ring (bicyclic) bond motifs is 2. The first-order valence-electron chi connectivity index (χ1n) is 12.7. The third-order valence-electron chi connectivity index (χ3n) is 7.14. The fourth-order valence-electron chi connectivity index (χ4n) is 5.17. The Morgan fingerprint density at radius 2 is 2.03 bits per heavy atom. The molecule has 0 saturated heterocycles. The minimum atomic E-state index is -0.553. The maximum atomic E-state index is 15.1. The Bertz CT molecular complexity index is 1350. The van der Waals surface area contributed by atoms with Crippen molar-refractivity contribution in [1.29, 1.82) is 0 Å². The average Bonchev–Trinajstić information content (AvgIpc) is 3.71. The van der Waals surface area contributed by atoms with E-state index in [0.717, 1.165) is 49.4 Å². The monoisotopic (exact) mass is 487 g/mol. The van der Waals surface area contributed by atoms with Crippen LogP contribution in [0.15, 0.2) is 36.5 Å². The molecule has 1 amide bonds. The highest BCUT2D eigenvalue weighted by Crippen LogP contribution is 2.51. The number of hydrogen-bond acceptors (Lipinski definition) is 6. The van der Waals surface area contributed by atoms with Crippen LogP contribution in [-0.4, -0.2) is 34.6 Å². The number of amides is 1. The van der Waals surface area contributed by atoms with Gasteiger partial charge in [-0.05, 0) is 87.9 Å². The van der Waals surface area contributed by atoms with Crippen LogP contribution in [0.2, 0.25) is 0 Å². The third-order valence-corrected chi connectivity index (χ3v) is 7.14. The molecule has 1 fully saturated rings. The predicted molar refractivity (Wildman–Crippen MR) is 137 cm³/mol. The van der Waals surface area contributed by atoms with Crippen molar-refractivity contribution in [3.8, 4) is 17.0 Å². The molecule has 2 aromatic carbocycles. The number of ether oxygens (including phenoxy) is 1. The molecule has 1 atom stereocenters. The van der Waals surface area contributed by atoms with E-state index in [1.165, 1.54) is 17.3 Å². The summed E-state index contributed by atoms with van der Waals surface area (Å²) in [6, 6.07) is 9.93. The molecule has 1 aromatic heterocycles. The molecule has 3 aliphatic rings. The minimum absolute atomic E-state index is 0.0587. The molecular weight excluding hydrogens is 457 g/mol. The second-order valence-corrected chi connectivity index (χ2v) is 10.2. The first kappa shape index (κ1) is 22.9. The van der Waals surface area contributed by atoms with Gasteiger partial charge in [0.05, 0.1) is 11.9 Å². The standard InChI is InChI=1S/C28H30FN5O2/c1-15(2)34-24-12-20(11-22(17-4-5-17)26(24)36-16(3)27(34)35)25-23(29)14-31-28(33-25)32-21-7-6-19-13-30-9-8-18(19)10-21/h6-7,10-12,14-17,30H,4-5,8-9,13H2,1-3H3,(H,31,32,33). The van der Waals surface area contributed by atoms with Gasteiger partial charge in [-0.25, -0.2) is 14.4 Å². The topological polar surface area (TPSA) is 79.4 Å². The van der Waals surface area contributed by atoms with E-state index in [4.69, 9.17) is 4.74 Å². The number of anilines is 3. The van der Waals surface area contributed by atoms with Crippen molar-refractivity contribution in [2.75, 3.05) is 16.8 Å². The number of carbonyl (C=O) groups is 1. The van der Waals surface area contributed by atoms with Crippen LogP contribution in [0, 0.1) is 5.82 Å². The van der Waals surface area contributed by atoms with Gasteiger partial charge in [-0.1, -0.05) is 6.07 Å². The maximum absolute atomic E-state index is 15.1. The summed E-state index contributed by atoms with van der Waals surface area (Å²) in [5, 5.41) is 6.62. The number of nitrogens with one attached hydrogen (secondary N) is 2. The Morgan fingerprint density at radius 1 is 1.19 bits per heavy atom. The lowest BCUT2D eigenvalue weighted by atomic mass is 9.98. The molecule has 1 aliphatic carbocycles. The zero-order valence-corrected chi connectivity index (χ0v) is 20.8. The number of benzene rings is 2. The lowest BCUT2D eigenvalue weighted by Crippen LogP contribution is -2.48. The molecule has 8 heteroatoms. The van der Waals surface area contributed by atoms with Gasteiger partial charge < -0.3 is 20.3 Å². The summed E-state index contributed by atoms with van der Waals surface area (Å²) in [4.78, 5) is 23.5. The SMILES string of the molecule is CC1Oc2c(C3CC3)cc(-c3nc(Nc4ccc5c(c4)CCNC5)ncc3F)cc2N(C(C)C)C1=O. The molecule has 6 rings (SSSR count). The van der Waals surface area contributed by atoms with Crippen LogP contribution in [0.4, 0.5) is 21.7 Å². The van der Waals surface area contributed by atoms with Crippen LogP contribution in [0.25, 0.3) is 11.3 Å². The van der Waals surface area contributed by atoms with E-state index >= 15 is 4.39 Å². The first-order chi connectivity index (χ1) is 17.4. The molecule has 36 heavy (non-hydrogen) atoms. The lowest BCUT2D eigenvalue weighted by Gasteiger charge is -2.37.